The topological polar surface area (TPSA) is 90.3 Å². The summed E-state index contributed by atoms with van der Waals surface area (Å²) in [6.45, 7) is 7.59. The first kappa shape index (κ1) is 19.6. The lowest BCUT2D eigenvalue weighted by molar-refractivity contribution is -0.138. The van der Waals surface area contributed by atoms with Gasteiger partial charge in [0.25, 0.3) is 5.91 Å². The van der Waals surface area contributed by atoms with E-state index in [0.29, 0.717) is 5.69 Å². The average molecular weight is 359 g/mol. The van der Waals surface area contributed by atoms with Crippen molar-refractivity contribution in [2.75, 3.05) is 11.6 Å². The molecule has 0 saturated carbocycles. The number of carboxylic acids is 1. The highest BCUT2D eigenvalue weighted by Crippen LogP contribution is 2.26. The van der Waals surface area contributed by atoms with Gasteiger partial charge in [-0.2, -0.15) is 5.10 Å². The van der Waals surface area contributed by atoms with E-state index in [4.69, 9.17) is 5.11 Å². The Morgan fingerprint density at radius 3 is 2.58 bits per heavy atom. The van der Waals surface area contributed by atoms with Crippen LogP contribution in [0, 0.1) is 13.8 Å². The second-order valence-electron chi connectivity index (χ2n) is 6.78. The Morgan fingerprint density at radius 1 is 1.27 bits per heavy atom. The molecule has 0 aromatic heterocycles. The molecule has 2 rings (SSSR count). The van der Waals surface area contributed by atoms with Crippen molar-refractivity contribution in [2.45, 2.75) is 53.0 Å². The van der Waals surface area contributed by atoms with Crippen LogP contribution in [0.2, 0.25) is 0 Å². The SMILES string of the molecule is Cc1ccc(C)c(N2N=C(C(=O)N(CCC(=O)O)C(C)C)CCC2=O)c1. The van der Waals surface area contributed by atoms with Gasteiger partial charge in [-0.15, -0.1) is 0 Å². The molecular formula is C19H25N3O4. The molecule has 1 aliphatic heterocycles. The Kier molecular flexibility index (Phi) is 6.13. The van der Waals surface area contributed by atoms with Crippen LogP contribution in [0.4, 0.5) is 5.69 Å². The van der Waals surface area contributed by atoms with E-state index >= 15 is 0 Å². The molecule has 140 valence electrons. The summed E-state index contributed by atoms with van der Waals surface area (Å²) in [5.74, 6) is -1.43. The standard InChI is InChI=1S/C19H25N3O4/c1-12(2)21(10-9-18(24)25)19(26)15-7-8-17(23)22(20-15)16-11-13(3)5-6-14(16)4/h5-6,11-12H,7-10H2,1-4H3,(H,24,25). The number of carbonyl (C=O) groups is 3. The fourth-order valence-electron chi connectivity index (χ4n) is 2.82. The normalized spacial score (nSPS) is 14.4. The van der Waals surface area contributed by atoms with Crippen LogP contribution in [-0.2, 0) is 14.4 Å². The fourth-order valence-corrected chi connectivity index (χ4v) is 2.82. The summed E-state index contributed by atoms with van der Waals surface area (Å²) in [7, 11) is 0. The molecule has 7 nitrogen and oxygen atoms in total. The van der Waals surface area contributed by atoms with E-state index in [1.54, 1.807) is 0 Å². The first-order valence-corrected chi connectivity index (χ1v) is 8.71. The Labute approximate surface area is 153 Å². The molecule has 0 aliphatic carbocycles. The van der Waals surface area contributed by atoms with Crippen LogP contribution in [-0.4, -0.2) is 46.1 Å². The summed E-state index contributed by atoms with van der Waals surface area (Å²) >= 11 is 0. The van der Waals surface area contributed by atoms with E-state index in [1.165, 1.54) is 9.91 Å². The van der Waals surface area contributed by atoms with Gasteiger partial charge < -0.3 is 10.0 Å². The molecule has 1 aliphatic rings. The minimum Gasteiger partial charge on any atom is -0.481 e. The lowest BCUT2D eigenvalue weighted by Gasteiger charge is -2.30. The lowest BCUT2D eigenvalue weighted by atomic mass is 10.1. The summed E-state index contributed by atoms with van der Waals surface area (Å²) in [5.41, 5.74) is 2.84. The van der Waals surface area contributed by atoms with Crippen LogP contribution in [0.1, 0.15) is 44.2 Å². The molecule has 0 bridgehead atoms. The van der Waals surface area contributed by atoms with Crippen LogP contribution < -0.4 is 5.01 Å². The van der Waals surface area contributed by atoms with Gasteiger partial charge in [0.05, 0.1) is 12.1 Å². The molecule has 7 heteroatoms. The number of carboxylic acid groups (broad SMARTS) is 1. The second kappa shape index (κ2) is 8.12. The predicted octanol–water partition coefficient (Wildman–Crippen LogP) is 2.50. The van der Waals surface area contributed by atoms with Crippen LogP contribution in [0.15, 0.2) is 23.3 Å². The van der Waals surface area contributed by atoms with Gasteiger partial charge in [0.15, 0.2) is 0 Å². The van der Waals surface area contributed by atoms with Gasteiger partial charge in [-0.1, -0.05) is 12.1 Å². The van der Waals surface area contributed by atoms with E-state index in [1.807, 2.05) is 45.9 Å². The largest absolute Gasteiger partial charge is 0.481 e. The van der Waals surface area contributed by atoms with E-state index in [9.17, 15) is 14.4 Å². The molecule has 0 unspecified atom stereocenters. The van der Waals surface area contributed by atoms with E-state index in [0.717, 1.165) is 11.1 Å². The highest BCUT2D eigenvalue weighted by molar-refractivity contribution is 6.40. The molecule has 26 heavy (non-hydrogen) atoms. The van der Waals surface area contributed by atoms with Crippen LogP contribution in [0.5, 0.6) is 0 Å². The summed E-state index contributed by atoms with van der Waals surface area (Å²) in [4.78, 5) is 37.6. The number of hydrogen-bond donors (Lipinski definition) is 1. The van der Waals surface area contributed by atoms with Crippen molar-refractivity contribution in [1.82, 2.24) is 4.90 Å². The van der Waals surface area contributed by atoms with Gasteiger partial charge in [-0.25, -0.2) is 5.01 Å². The molecular weight excluding hydrogens is 334 g/mol. The van der Waals surface area contributed by atoms with Crippen LogP contribution in [0.3, 0.4) is 0 Å². The van der Waals surface area contributed by atoms with Crippen molar-refractivity contribution in [3.8, 4) is 0 Å². The maximum absolute atomic E-state index is 12.9. The molecule has 2 amide bonds. The molecule has 1 aromatic carbocycles. The van der Waals surface area contributed by atoms with Crippen molar-refractivity contribution in [2.24, 2.45) is 5.10 Å². The highest BCUT2D eigenvalue weighted by Gasteiger charge is 2.30. The molecule has 0 spiro atoms. The Bertz CT molecular complexity index is 755. The predicted molar refractivity (Wildman–Crippen MR) is 99.2 cm³/mol. The maximum Gasteiger partial charge on any atom is 0.305 e. The third-order valence-electron chi connectivity index (χ3n) is 4.32. The average Bonchev–Trinajstić information content (AvgIpc) is 2.57. The van der Waals surface area contributed by atoms with E-state index in [-0.39, 0.29) is 49.4 Å². The Hall–Kier alpha value is -2.70. The monoisotopic (exact) mass is 359 g/mol. The van der Waals surface area contributed by atoms with E-state index < -0.39 is 5.97 Å². The first-order valence-electron chi connectivity index (χ1n) is 8.71. The highest BCUT2D eigenvalue weighted by atomic mass is 16.4. The molecule has 0 saturated heterocycles. The lowest BCUT2D eigenvalue weighted by Crippen LogP contribution is -2.45. The number of carbonyl (C=O) groups excluding carboxylic acids is 2. The minimum atomic E-state index is -0.957. The number of amides is 2. The van der Waals surface area contributed by atoms with Gasteiger partial charge in [-0.3, -0.25) is 14.4 Å². The number of hydrazone groups is 1. The van der Waals surface area contributed by atoms with Gasteiger partial charge in [0.1, 0.15) is 5.71 Å². The van der Waals surface area contributed by atoms with E-state index in [2.05, 4.69) is 5.10 Å². The molecule has 1 aromatic rings. The van der Waals surface area contributed by atoms with Crippen molar-refractivity contribution >= 4 is 29.2 Å². The van der Waals surface area contributed by atoms with Crippen molar-refractivity contribution < 1.29 is 19.5 Å². The molecule has 1 N–H and O–H groups in total. The third kappa shape index (κ3) is 4.47. The summed E-state index contributed by atoms with van der Waals surface area (Å²) in [6.07, 6.45) is 0.328. The van der Waals surface area contributed by atoms with Crippen molar-refractivity contribution in [1.29, 1.82) is 0 Å². The number of aliphatic carboxylic acids is 1. The third-order valence-corrected chi connectivity index (χ3v) is 4.32. The number of benzene rings is 1. The molecule has 0 radical (unpaired) electrons. The molecule has 1 heterocycles. The van der Waals surface area contributed by atoms with Crippen LogP contribution >= 0.6 is 0 Å². The number of rotatable bonds is 6. The smallest absolute Gasteiger partial charge is 0.305 e. The molecule has 0 atom stereocenters. The minimum absolute atomic E-state index is 0.113. The van der Waals surface area contributed by atoms with Gasteiger partial charge in [-0.05, 0) is 44.9 Å². The first-order chi connectivity index (χ1) is 12.2. The fraction of sp³-hybridized carbons (Fsp3) is 0.474. The van der Waals surface area contributed by atoms with Gasteiger partial charge in [0.2, 0.25) is 5.91 Å². The quantitative estimate of drug-likeness (QED) is 0.845. The Morgan fingerprint density at radius 2 is 1.96 bits per heavy atom. The number of hydrogen-bond acceptors (Lipinski definition) is 4. The van der Waals surface area contributed by atoms with Crippen LogP contribution in [0.25, 0.3) is 0 Å². The maximum atomic E-state index is 12.9. The summed E-state index contributed by atoms with van der Waals surface area (Å²) < 4.78 is 0. The zero-order chi connectivity index (χ0) is 19.4. The zero-order valence-electron chi connectivity index (χ0n) is 15.7. The number of aryl methyl sites for hydroxylation is 2. The summed E-state index contributed by atoms with van der Waals surface area (Å²) in [5, 5.41) is 14.5. The van der Waals surface area contributed by atoms with Gasteiger partial charge >= 0.3 is 5.97 Å². The Balaban J connectivity index is 2.32. The second-order valence-corrected chi connectivity index (χ2v) is 6.78. The number of nitrogens with zero attached hydrogens (tertiary/aromatic N) is 3. The van der Waals surface area contributed by atoms with Crippen molar-refractivity contribution in [3.63, 3.8) is 0 Å². The van der Waals surface area contributed by atoms with Crippen molar-refractivity contribution in [3.05, 3.63) is 29.3 Å². The van der Waals surface area contributed by atoms with Gasteiger partial charge in [0, 0.05) is 25.4 Å². The molecule has 0 fully saturated rings. The number of anilines is 1. The summed E-state index contributed by atoms with van der Waals surface area (Å²) in [6, 6.07) is 5.58. The zero-order valence-corrected chi connectivity index (χ0v) is 15.7.